The smallest absolute Gasteiger partial charge is 0.250 e. The quantitative estimate of drug-likeness (QED) is 0.644. The topological polar surface area (TPSA) is 38.3 Å². The fourth-order valence-electron chi connectivity index (χ4n) is 1.46. The highest BCUT2D eigenvalue weighted by molar-refractivity contribution is 6.74. The first-order valence-corrected chi connectivity index (χ1v) is 9.64. The van der Waals surface area contributed by atoms with Crippen molar-refractivity contribution in [3.05, 3.63) is 23.8 Å². The number of benzene rings is 1. The average Bonchev–Trinajstić information content (AvgIpc) is 2.28. The normalized spacial score (nSPS) is 12.1. The molecule has 0 aliphatic heterocycles. The fraction of sp³-hybridized carbons (Fsp3) is 0.533. The van der Waals surface area contributed by atoms with E-state index in [0.717, 1.165) is 18.5 Å². The molecule has 0 aromatic heterocycles. The maximum Gasteiger partial charge on any atom is 0.250 e. The van der Waals surface area contributed by atoms with Crippen molar-refractivity contribution in [2.75, 3.05) is 11.9 Å². The van der Waals surface area contributed by atoms with Crippen molar-refractivity contribution in [1.29, 1.82) is 0 Å². The molecule has 0 spiro atoms. The summed E-state index contributed by atoms with van der Waals surface area (Å²) in [6.45, 7) is 13.8. The molecule has 0 unspecified atom stereocenters. The number of carbonyl (C=O) groups is 1. The molecule has 0 atom stereocenters. The second-order valence-corrected chi connectivity index (χ2v) is 11.0. The third-order valence-corrected chi connectivity index (χ3v) is 8.04. The molecule has 19 heavy (non-hydrogen) atoms. The molecule has 0 heterocycles. The second-order valence-electron chi connectivity index (χ2n) is 6.26. The summed E-state index contributed by atoms with van der Waals surface area (Å²) in [4.78, 5) is 11.1. The number of nitrogens with one attached hydrogen (secondary N) is 1. The molecule has 1 aromatic rings. The second kappa shape index (κ2) is 5.78. The SMILES string of the molecule is CCNc1ccc(C=O)c(O[Si](C)(C)C(C)(C)C)c1. The van der Waals surface area contributed by atoms with Crippen molar-refractivity contribution in [1.82, 2.24) is 0 Å². The van der Waals surface area contributed by atoms with E-state index in [4.69, 9.17) is 4.43 Å². The molecule has 0 bridgehead atoms. The van der Waals surface area contributed by atoms with Gasteiger partial charge in [0, 0.05) is 18.3 Å². The van der Waals surface area contributed by atoms with Gasteiger partial charge in [-0.25, -0.2) is 0 Å². The predicted octanol–water partition coefficient (Wildman–Crippen LogP) is 4.31. The van der Waals surface area contributed by atoms with Crippen LogP contribution in [0.2, 0.25) is 18.1 Å². The van der Waals surface area contributed by atoms with E-state index in [1.54, 1.807) is 0 Å². The van der Waals surface area contributed by atoms with E-state index in [2.05, 4.69) is 39.2 Å². The largest absolute Gasteiger partial charge is 0.543 e. The van der Waals surface area contributed by atoms with Gasteiger partial charge in [0.2, 0.25) is 0 Å². The number of hydrogen-bond donors (Lipinski definition) is 1. The highest BCUT2D eigenvalue weighted by atomic mass is 28.4. The summed E-state index contributed by atoms with van der Waals surface area (Å²) in [5, 5.41) is 3.36. The van der Waals surface area contributed by atoms with Gasteiger partial charge >= 0.3 is 0 Å². The molecular weight excluding hydrogens is 254 g/mol. The molecule has 0 amide bonds. The van der Waals surface area contributed by atoms with Gasteiger partial charge in [-0.05, 0) is 37.2 Å². The summed E-state index contributed by atoms with van der Waals surface area (Å²) >= 11 is 0. The van der Waals surface area contributed by atoms with Crippen molar-refractivity contribution in [3.63, 3.8) is 0 Å². The lowest BCUT2D eigenvalue weighted by molar-refractivity contribution is 0.112. The van der Waals surface area contributed by atoms with Crippen LogP contribution in [0.4, 0.5) is 5.69 Å². The van der Waals surface area contributed by atoms with Crippen LogP contribution in [0.5, 0.6) is 5.75 Å². The molecule has 0 aliphatic carbocycles. The van der Waals surface area contributed by atoms with Gasteiger partial charge in [0.25, 0.3) is 8.32 Å². The Balaban J connectivity index is 3.11. The first-order chi connectivity index (χ1) is 8.71. The highest BCUT2D eigenvalue weighted by Gasteiger charge is 2.39. The Morgan fingerprint density at radius 3 is 2.42 bits per heavy atom. The van der Waals surface area contributed by atoms with Gasteiger partial charge in [-0.1, -0.05) is 20.8 Å². The standard InChI is InChI=1S/C15H25NO2Si/c1-7-16-13-9-8-12(11-17)14(10-13)18-19(5,6)15(2,3)4/h8-11,16H,7H2,1-6H3. The van der Waals surface area contributed by atoms with Gasteiger partial charge in [-0.2, -0.15) is 0 Å². The lowest BCUT2D eigenvalue weighted by atomic mass is 10.2. The molecule has 1 rings (SSSR count). The van der Waals surface area contributed by atoms with Crippen molar-refractivity contribution in [3.8, 4) is 5.75 Å². The average molecular weight is 279 g/mol. The van der Waals surface area contributed by atoms with Gasteiger partial charge < -0.3 is 9.74 Å². The Kier molecular flexibility index (Phi) is 4.79. The van der Waals surface area contributed by atoms with E-state index >= 15 is 0 Å². The van der Waals surface area contributed by atoms with Crippen LogP contribution < -0.4 is 9.74 Å². The van der Waals surface area contributed by atoms with Crippen molar-refractivity contribution < 1.29 is 9.22 Å². The summed E-state index contributed by atoms with van der Waals surface area (Å²) in [5.41, 5.74) is 1.60. The van der Waals surface area contributed by atoms with Crippen molar-refractivity contribution in [2.45, 2.75) is 45.8 Å². The van der Waals surface area contributed by atoms with Crippen LogP contribution in [-0.2, 0) is 0 Å². The Labute approximate surface area is 117 Å². The summed E-state index contributed by atoms with van der Waals surface area (Å²) in [6, 6.07) is 5.65. The number of hydrogen-bond acceptors (Lipinski definition) is 3. The minimum Gasteiger partial charge on any atom is -0.543 e. The van der Waals surface area contributed by atoms with Crippen LogP contribution in [0.15, 0.2) is 18.2 Å². The van der Waals surface area contributed by atoms with E-state index in [1.807, 2.05) is 25.1 Å². The molecule has 0 fully saturated rings. The number of rotatable bonds is 5. The zero-order valence-corrected chi connectivity index (χ0v) is 13.8. The lowest BCUT2D eigenvalue weighted by Gasteiger charge is -2.36. The van der Waals surface area contributed by atoms with Crippen LogP contribution in [0.1, 0.15) is 38.1 Å². The summed E-state index contributed by atoms with van der Waals surface area (Å²) in [7, 11) is -1.93. The Bertz CT molecular complexity index is 450. The van der Waals surface area contributed by atoms with Gasteiger partial charge in [0.1, 0.15) is 5.75 Å². The summed E-state index contributed by atoms with van der Waals surface area (Å²) in [6.07, 6.45) is 0.859. The number of carbonyl (C=O) groups excluding carboxylic acids is 1. The Hall–Kier alpha value is -1.29. The zero-order chi connectivity index (χ0) is 14.7. The molecular formula is C15H25NO2Si. The number of anilines is 1. The zero-order valence-electron chi connectivity index (χ0n) is 12.8. The summed E-state index contributed by atoms with van der Waals surface area (Å²) in [5.74, 6) is 0.694. The molecule has 0 saturated carbocycles. The van der Waals surface area contributed by atoms with E-state index < -0.39 is 8.32 Å². The Morgan fingerprint density at radius 1 is 1.32 bits per heavy atom. The molecule has 4 heteroatoms. The third kappa shape index (κ3) is 3.83. The van der Waals surface area contributed by atoms with Crippen LogP contribution in [0, 0.1) is 0 Å². The highest BCUT2D eigenvalue weighted by Crippen LogP contribution is 2.38. The first-order valence-electron chi connectivity index (χ1n) is 6.73. The first kappa shape index (κ1) is 15.8. The fourth-order valence-corrected chi connectivity index (χ4v) is 2.49. The lowest BCUT2D eigenvalue weighted by Crippen LogP contribution is -2.44. The van der Waals surface area contributed by atoms with Crippen molar-refractivity contribution >= 4 is 20.3 Å². The molecule has 106 valence electrons. The van der Waals surface area contributed by atoms with E-state index in [-0.39, 0.29) is 5.04 Å². The van der Waals surface area contributed by atoms with Gasteiger partial charge in [0.15, 0.2) is 6.29 Å². The van der Waals surface area contributed by atoms with Crippen LogP contribution in [0.25, 0.3) is 0 Å². The van der Waals surface area contributed by atoms with Crippen LogP contribution in [0.3, 0.4) is 0 Å². The minimum atomic E-state index is -1.93. The maximum absolute atomic E-state index is 11.1. The number of aldehydes is 1. The molecule has 1 N–H and O–H groups in total. The molecule has 0 saturated heterocycles. The van der Waals surface area contributed by atoms with Gasteiger partial charge in [0.05, 0.1) is 5.56 Å². The van der Waals surface area contributed by atoms with E-state index in [9.17, 15) is 4.79 Å². The Morgan fingerprint density at radius 2 is 1.95 bits per heavy atom. The molecule has 1 aromatic carbocycles. The van der Waals surface area contributed by atoms with Gasteiger partial charge in [-0.3, -0.25) is 4.79 Å². The van der Waals surface area contributed by atoms with E-state index in [1.165, 1.54) is 0 Å². The van der Waals surface area contributed by atoms with Crippen molar-refractivity contribution in [2.24, 2.45) is 0 Å². The molecule has 3 nitrogen and oxygen atoms in total. The predicted molar refractivity (Wildman–Crippen MR) is 83.8 cm³/mol. The summed E-state index contributed by atoms with van der Waals surface area (Å²) < 4.78 is 6.24. The molecule has 0 radical (unpaired) electrons. The monoisotopic (exact) mass is 279 g/mol. The van der Waals surface area contributed by atoms with Crippen LogP contribution >= 0.6 is 0 Å². The van der Waals surface area contributed by atoms with Crippen LogP contribution in [-0.4, -0.2) is 21.1 Å². The van der Waals surface area contributed by atoms with Gasteiger partial charge in [-0.15, -0.1) is 0 Å². The molecule has 0 aliphatic rings. The van der Waals surface area contributed by atoms with E-state index in [0.29, 0.717) is 11.3 Å². The maximum atomic E-state index is 11.1. The third-order valence-electron chi connectivity index (χ3n) is 3.69. The minimum absolute atomic E-state index is 0.112.